The van der Waals surface area contributed by atoms with Crippen LogP contribution in [-0.4, -0.2) is 34.3 Å². The standard InChI is InChI=1S/C6H9N3O2S/c1-4(10)8-5-2-12-9(3-7)6(5)11/h3,5,7H,2H2,1H3,(H,8,10). The second-order valence-electron chi connectivity index (χ2n) is 2.34. The number of rotatable bonds is 2. The summed E-state index contributed by atoms with van der Waals surface area (Å²) in [5, 5.41) is 9.35. The minimum Gasteiger partial charge on any atom is -0.344 e. The van der Waals surface area contributed by atoms with Crippen LogP contribution < -0.4 is 5.32 Å². The van der Waals surface area contributed by atoms with Gasteiger partial charge in [0, 0.05) is 12.7 Å². The Morgan fingerprint density at radius 3 is 3.00 bits per heavy atom. The average molecular weight is 187 g/mol. The lowest BCUT2D eigenvalue weighted by molar-refractivity contribution is -0.128. The third kappa shape index (κ3) is 1.76. The van der Waals surface area contributed by atoms with Gasteiger partial charge in [-0.1, -0.05) is 0 Å². The maximum Gasteiger partial charge on any atom is 0.261 e. The number of carbonyl (C=O) groups is 2. The number of carbonyl (C=O) groups excluding carboxylic acids is 2. The van der Waals surface area contributed by atoms with Gasteiger partial charge in [0.1, 0.15) is 6.04 Å². The van der Waals surface area contributed by atoms with E-state index in [2.05, 4.69) is 5.32 Å². The molecule has 1 unspecified atom stereocenters. The first-order chi connectivity index (χ1) is 5.65. The Bertz CT molecular complexity index is 231. The predicted octanol–water partition coefficient (Wildman–Crippen LogP) is -0.411. The van der Waals surface area contributed by atoms with Gasteiger partial charge in [-0.2, -0.15) is 0 Å². The van der Waals surface area contributed by atoms with E-state index in [1.54, 1.807) is 0 Å². The molecule has 1 heterocycles. The largest absolute Gasteiger partial charge is 0.344 e. The van der Waals surface area contributed by atoms with Crippen molar-refractivity contribution in [1.29, 1.82) is 5.41 Å². The van der Waals surface area contributed by atoms with E-state index in [1.807, 2.05) is 0 Å². The van der Waals surface area contributed by atoms with Gasteiger partial charge in [0.15, 0.2) is 0 Å². The van der Waals surface area contributed by atoms with Crippen LogP contribution in [0.3, 0.4) is 0 Å². The van der Waals surface area contributed by atoms with Crippen LogP contribution in [0.2, 0.25) is 0 Å². The summed E-state index contributed by atoms with van der Waals surface area (Å²) >= 11 is 1.23. The minimum absolute atomic E-state index is 0.221. The fourth-order valence-corrected chi connectivity index (χ4v) is 1.76. The second-order valence-corrected chi connectivity index (χ2v) is 3.33. The number of nitrogens with one attached hydrogen (secondary N) is 2. The van der Waals surface area contributed by atoms with Crippen LogP contribution in [0.4, 0.5) is 0 Å². The highest BCUT2D eigenvalue weighted by atomic mass is 32.2. The van der Waals surface area contributed by atoms with Crippen LogP contribution in [0.25, 0.3) is 0 Å². The van der Waals surface area contributed by atoms with E-state index in [0.717, 1.165) is 6.34 Å². The third-order valence-electron chi connectivity index (χ3n) is 1.39. The molecule has 0 aliphatic carbocycles. The molecular formula is C6H9N3O2S. The first-order valence-electron chi connectivity index (χ1n) is 3.39. The van der Waals surface area contributed by atoms with Crippen molar-refractivity contribution in [2.24, 2.45) is 0 Å². The molecule has 0 radical (unpaired) electrons. The molecule has 6 heteroatoms. The average Bonchev–Trinajstić information content (AvgIpc) is 2.32. The van der Waals surface area contributed by atoms with Gasteiger partial charge in [-0.3, -0.25) is 15.0 Å². The van der Waals surface area contributed by atoms with Gasteiger partial charge in [0.2, 0.25) is 5.91 Å². The van der Waals surface area contributed by atoms with Gasteiger partial charge in [-0.25, -0.2) is 4.31 Å². The van der Waals surface area contributed by atoms with E-state index in [4.69, 9.17) is 5.41 Å². The quantitative estimate of drug-likeness (QED) is 0.350. The van der Waals surface area contributed by atoms with Crippen molar-refractivity contribution in [2.75, 3.05) is 5.75 Å². The maximum absolute atomic E-state index is 11.2. The predicted molar refractivity (Wildman–Crippen MR) is 45.7 cm³/mol. The summed E-state index contributed by atoms with van der Waals surface area (Å²) in [6.07, 6.45) is 0.953. The molecule has 1 aliphatic rings. The molecule has 12 heavy (non-hydrogen) atoms. The van der Waals surface area contributed by atoms with Crippen molar-refractivity contribution in [3.8, 4) is 0 Å². The summed E-state index contributed by atoms with van der Waals surface area (Å²) in [7, 11) is 0. The molecule has 0 spiro atoms. The Kier molecular flexibility index (Phi) is 2.69. The Morgan fingerprint density at radius 2 is 2.58 bits per heavy atom. The fourth-order valence-electron chi connectivity index (χ4n) is 0.893. The Labute approximate surface area is 74.1 Å². The highest BCUT2D eigenvalue weighted by Gasteiger charge is 2.31. The van der Waals surface area contributed by atoms with Gasteiger partial charge < -0.3 is 5.32 Å². The first-order valence-corrected chi connectivity index (χ1v) is 4.33. The summed E-state index contributed by atoms with van der Waals surface area (Å²) in [6, 6.07) is -0.464. The highest BCUT2D eigenvalue weighted by molar-refractivity contribution is 7.98. The van der Waals surface area contributed by atoms with Crippen molar-refractivity contribution in [2.45, 2.75) is 13.0 Å². The lowest BCUT2D eigenvalue weighted by Crippen LogP contribution is -2.41. The second kappa shape index (κ2) is 3.57. The summed E-state index contributed by atoms with van der Waals surface area (Å²) in [6.45, 7) is 1.37. The molecule has 1 saturated heterocycles. The molecule has 5 nitrogen and oxygen atoms in total. The van der Waals surface area contributed by atoms with Crippen LogP contribution >= 0.6 is 11.9 Å². The molecular weight excluding hydrogens is 178 g/mol. The van der Waals surface area contributed by atoms with Gasteiger partial charge in [0.05, 0.1) is 6.34 Å². The topological polar surface area (TPSA) is 73.3 Å². The molecule has 0 aromatic carbocycles. The Balaban J connectivity index is 2.54. The zero-order valence-electron chi connectivity index (χ0n) is 6.53. The van der Waals surface area contributed by atoms with Crippen molar-refractivity contribution in [3.63, 3.8) is 0 Å². The van der Waals surface area contributed by atoms with Crippen LogP contribution in [-0.2, 0) is 9.59 Å². The van der Waals surface area contributed by atoms with Crippen LogP contribution in [0.5, 0.6) is 0 Å². The zero-order chi connectivity index (χ0) is 9.14. The minimum atomic E-state index is -0.464. The van der Waals surface area contributed by atoms with Gasteiger partial charge in [0.25, 0.3) is 5.91 Å². The molecule has 1 rings (SSSR count). The van der Waals surface area contributed by atoms with Crippen LogP contribution in [0.1, 0.15) is 6.92 Å². The van der Waals surface area contributed by atoms with Crippen molar-refractivity contribution >= 4 is 30.1 Å². The van der Waals surface area contributed by atoms with E-state index in [-0.39, 0.29) is 11.8 Å². The summed E-state index contributed by atoms with van der Waals surface area (Å²) < 4.78 is 1.21. The lowest BCUT2D eigenvalue weighted by atomic mass is 10.3. The summed E-state index contributed by atoms with van der Waals surface area (Å²) in [5.74, 6) is 0.0549. The number of hydrogen-bond acceptors (Lipinski definition) is 4. The summed E-state index contributed by atoms with van der Waals surface area (Å²) in [4.78, 5) is 21.8. The molecule has 0 bridgehead atoms. The molecule has 1 atom stereocenters. The van der Waals surface area contributed by atoms with Gasteiger partial charge in [-0.05, 0) is 11.9 Å². The molecule has 1 aliphatic heterocycles. The van der Waals surface area contributed by atoms with E-state index < -0.39 is 6.04 Å². The third-order valence-corrected chi connectivity index (χ3v) is 2.44. The number of hydrogen-bond donors (Lipinski definition) is 2. The number of amides is 2. The molecule has 0 aromatic rings. The molecule has 2 amide bonds. The van der Waals surface area contributed by atoms with Gasteiger partial charge >= 0.3 is 0 Å². The van der Waals surface area contributed by atoms with E-state index >= 15 is 0 Å². The normalized spacial score (nSPS) is 22.6. The van der Waals surface area contributed by atoms with Crippen molar-refractivity contribution in [3.05, 3.63) is 0 Å². The molecule has 0 aromatic heterocycles. The summed E-state index contributed by atoms with van der Waals surface area (Å²) in [5.41, 5.74) is 0. The fraction of sp³-hybridized carbons (Fsp3) is 0.500. The van der Waals surface area contributed by atoms with E-state index in [0.29, 0.717) is 5.75 Å². The monoisotopic (exact) mass is 187 g/mol. The lowest BCUT2D eigenvalue weighted by Gasteiger charge is -2.08. The van der Waals surface area contributed by atoms with Crippen molar-refractivity contribution < 1.29 is 9.59 Å². The first kappa shape index (κ1) is 9.05. The Morgan fingerprint density at radius 1 is 1.92 bits per heavy atom. The molecule has 66 valence electrons. The van der Waals surface area contributed by atoms with Crippen molar-refractivity contribution in [1.82, 2.24) is 9.62 Å². The van der Waals surface area contributed by atoms with E-state index in [1.165, 1.54) is 23.2 Å². The molecule has 0 saturated carbocycles. The number of nitrogens with zero attached hydrogens (tertiary/aromatic N) is 1. The highest BCUT2D eigenvalue weighted by Crippen LogP contribution is 2.19. The van der Waals surface area contributed by atoms with E-state index in [9.17, 15) is 9.59 Å². The molecule has 1 fully saturated rings. The smallest absolute Gasteiger partial charge is 0.261 e. The Hall–Kier alpha value is -1.04. The zero-order valence-corrected chi connectivity index (χ0v) is 7.35. The van der Waals surface area contributed by atoms with Crippen LogP contribution in [0.15, 0.2) is 0 Å². The van der Waals surface area contributed by atoms with Gasteiger partial charge in [-0.15, -0.1) is 0 Å². The maximum atomic E-state index is 11.2. The SMILES string of the molecule is CC(=O)NC1CSN(C=N)C1=O. The molecule has 2 N–H and O–H groups in total. The van der Waals surface area contributed by atoms with Crippen LogP contribution in [0, 0.1) is 5.41 Å².